The molecule has 0 radical (unpaired) electrons. The number of rotatable bonds is 9. The Morgan fingerprint density at radius 3 is 2.30 bits per heavy atom. The summed E-state index contributed by atoms with van der Waals surface area (Å²) in [6.07, 6.45) is 3.39. The van der Waals surface area contributed by atoms with Gasteiger partial charge in [0.2, 0.25) is 0 Å². The minimum Gasteiger partial charge on any atom is -0.494 e. The maximum atomic E-state index is 12.1. The Hall–Kier alpha value is -3.01. The van der Waals surface area contributed by atoms with Crippen molar-refractivity contribution in [1.82, 2.24) is 0 Å². The summed E-state index contributed by atoms with van der Waals surface area (Å²) in [5, 5.41) is 1.93. The van der Waals surface area contributed by atoms with Gasteiger partial charge in [-0.15, -0.1) is 0 Å². The van der Waals surface area contributed by atoms with Crippen molar-refractivity contribution < 1.29 is 19.0 Å². The predicted molar refractivity (Wildman–Crippen MR) is 107 cm³/mol. The van der Waals surface area contributed by atoms with Crippen LogP contribution in [0.4, 0.5) is 0 Å². The topological polar surface area (TPSA) is 44.8 Å². The van der Waals surface area contributed by atoms with E-state index >= 15 is 0 Å². The van der Waals surface area contributed by atoms with Gasteiger partial charge in [0.25, 0.3) is 0 Å². The number of hydrogen-bond acceptors (Lipinski definition) is 4. The number of hydrogen-bond donors (Lipinski definition) is 0. The van der Waals surface area contributed by atoms with Crippen LogP contribution in [0.2, 0.25) is 0 Å². The van der Waals surface area contributed by atoms with Gasteiger partial charge in [-0.1, -0.05) is 56.2 Å². The zero-order chi connectivity index (χ0) is 18.9. The molecule has 0 amide bonds. The normalized spacial score (nSPS) is 10.6. The van der Waals surface area contributed by atoms with E-state index in [0.717, 1.165) is 22.9 Å². The summed E-state index contributed by atoms with van der Waals surface area (Å²) in [6.45, 7) is 2.72. The maximum Gasteiger partial charge on any atom is 0.349 e. The maximum absolute atomic E-state index is 12.1. The van der Waals surface area contributed by atoms with Gasteiger partial charge in [-0.2, -0.15) is 0 Å². The minimum atomic E-state index is -0.439. The third-order valence-electron chi connectivity index (χ3n) is 4.17. The second kappa shape index (κ2) is 9.62. The van der Waals surface area contributed by atoms with Crippen LogP contribution in [0.25, 0.3) is 10.8 Å². The molecule has 0 aliphatic heterocycles. The molecular formula is C23H24O4. The molecule has 0 unspecified atom stereocenters. The molecule has 0 aliphatic carbocycles. The Bertz CT molecular complexity index is 866. The molecule has 0 saturated carbocycles. The first-order valence-corrected chi connectivity index (χ1v) is 9.30. The summed E-state index contributed by atoms with van der Waals surface area (Å²) in [6, 6.07) is 20.7. The van der Waals surface area contributed by atoms with E-state index in [1.54, 1.807) is 18.2 Å². The van der Waals surface area contributed by atoms with E-state index in [4.69, 9.17) is 14.2 Å². The molecule has 0 saturated heterocycles. The summed E-state index contributed by atoms with van der Waals surface area (Å²) in [4.78, 5) is 12.1. The highest BCUT2D eigenvalue weighted by Gasteiger charge is 2.09. The summed E-state index contributed by atoms with van der Waals surface area (Å²) < 4.78 is 16.6. The van der Waals surface area contributed by atoms with Crippen LogP contribution < -0.4 is 14.2 Å². The second-order valence-corrected chi connectivity index (χ2v) is 6.27. The second-order valence-electron chi connectivity index (χ2n) is 6.27. The van der Waals surface area contributed by atoms with Gasteiger partial charge in [0.1, 0.15) is 17.2 Å². The molecule has 3 aromatic rings. The number of benzene rings is 3. The van der Waals surface area contributed by atoms with Gasteiger partial charge >= 0.3 is 5.97 Å². The first-order chi connectivity index (χ1) is 13.3. The largest absolute Gasteiger partial charge is 0.494 e. The Labute approximate surface area is 159 Å². The zero-order valence-corrected chi connectivity index (χ0v) is 15.5. The molecular weight excluding hydrogens is 340 g/mol. The number of esters is 1. The van der Waals surface area contributed by atoms with Crippen LogP contribution in [-0.4, -0.2) is 19.2 Å². The number of carbonyl (C=O) groups is 1. The van der Waals surface area contributed by atoms with Crippen LogP contribution in [0.5, 0.6) is 17.2 Å². The Morgan fingerprint density at radius 1 is 0.815 bits per heavy atom. The Kier molecular flexibility index (Phi) is 6.69. The first-order valence-electron chi connectivity index (χ1n) is 9.30. The van der Waals surface area contributed by atoms with E-state index in [1.807, 2.05) is 48.5 Å². The van der Waals surface area contributed by atoms with Gasteiger partial charge in [-0.25, -0.2) is 4.79 Å². The molecule has 3 rings (SSSR count). The van der Waals surface area contributed by atoms with Gasteiger partial charge in [0.05, 0.1) is 6.61 Å². The molecule has 0 bridgehead atoms. The smallest absolute Gasteiger partial charge is 0.349 e. The van der Waals surface area contributed by atoms with Crippen LogP contribution in [0, 0.1) is 0 Å². The van der Waals surface area contributed by atoms with Crippen molar-refractivity contribution in [2.75, 3.05) is 13.2 Å². The predicted octanol–water partition coefficient (Wildman–Crippen LogP) is 5.39. The van der Waals surface area contributed by atoms with E-state index in [1.165, 1.54) is 12.8 Å². The average Bonchev–Trinajstić information content (AvgIpc) is 2.71. The highest BCUT2D eigenvalue weighted by atomic mass is 16.6. The van der Waals surface area contributed by atoms with Crippen molar-refractivity contribution in [2.24, 2.45) is 0 Å². The molecule has 0 N–H and O–H groups in total. The lowest BCUT2D eigenvalue weighted by atomic mass is 10.1. The van der Waals surface area contributed by atoms with Gasteiger partial charge in [-0.3, -0.25) is 0 Å². The molecule has 0 atom stereocenters. The van der Waals surface area contributed by atoms with Crippen LogP contribution >= 0.6 is 0 Å². The van der Waals surface area contributed by atoms with Gasteiger partial charge in [-0.05, 0) is 42.1 Å². The van der Waals surface area contributed by atoms with E-state index in [2.05, 4.69) is 6.92 Å². The van der Waals surface area contributed by atoms with Crippen molar-refractivity contribution in [2.45, 2.75) is 26.2 Å². The van der Waals surface area contributed by atoms with Crippen molar-refractivity contribution in [1.29, 1.82) is 0 Å². The number of unbranched alkanes of at least 4 members (excludes halogenated alkanes) is 2. The average molecular weight is 364 g/mol. The van der Waals surface area contributed by atoms with Gasteiger partial charge in [0.15, 0.2) is 6.61 Å². The zero-order valence-electron chi connectivity index (χ0n) is 15.5. The Balaban J connectivity index is 1.50. The number of ether oxygens (including phenoxy) is 3. The molecule has 0 spiro atoms. The molecule has 4 heteroatoms. The third kappa shape index (κ3) is 5.48. The van der Waals surface area contributed by atoms with E-state index in [-0.39, 0.29) is 6.61 Å². The summed E-state index contributed by atoms with van der Waals surface area (Å²) >= 11 is 0. The van der Waals surface area contributed by atoms with E-state index in [0.29, 0.717) is 18.1 Å². The van der Waals surface area contributed by atoms with Crippen molar-refractivity contribution in [3.05, 3.63) is 66.7 Å². The van der Waals surface area contributed by atoms with Crippen molar-refractivity contribution in [3.8, 4) is 17.2 Å². The summed E-state index contributed by atoms with van der Waals surface area (Å²) in [5.74, 6) is 1.51. The quantitative estimate of drug-likeness (QED) is 0.290. The van der Waals surface area contributed by atoms with Gasteiger partial charge in [0, 0.05) is 5.39 Å². The lowest BCUT2D eigenvalue weighted by Crippen LogP contribution is -2.17. The van der Waals surface area contributed by atoms with E-state index in [9.17, 15) is 4.79 Å². The molecule has 0 heterocycles. The van der Waals surface area contributed by atoms with Crippen LogP contribution in [0.15, 0.2) is 66.7 Å². The summed E-state index contributed by atoms with van der Waals surface area (Å²) in [7, 11) is 0. The minimum absolute atomic E-state index is 0.153. The molecule has 4 nitrogen and oxygen atoms in total. The molecule has 27 heavy (non-hydrogen) atoms. The molecule has 3 aromatic carbocycles. The fourth-order valence-corrected chi connectivity index (χ4v) is 2.75. The molecule has 0 fully saturated rings. The van der Waals surface area contributed by atoms with Crippen LogP contribution in [-0.2, 0) is 4.79 Å². The highest BCUT2D eigenvalue weighted by Crippen LogP contribution is 2.25. The molecule has 0 aliphatic rings. The standard InChI is InChI=1S/C23H24O4/c1-2-3-6-16-25-19-12-14-20(15-13-19)26-17-23(24)27-22-11-7-9-18-8-4-5-10-21(18)22/h4-5,7-15H,2-3,6,16-17H2,1H3. The summed E-state index contributed by atoms with van der Waals surface area (Å²) in [5.41, 5.74) is 0. The third-order valence-corrected chi connectivity index (χ3v) is 4.17. The monoisotopic (exact) mass is 364 g/mol. The molecule has 0 aromatic heterocycles. The van der Waals surface area contributed by atoms with Crippen LogP contribution in [0.3, 0.4) is 0 Å². The number of carbonyl (C=O) groups excluding carboxylic acids is 1. The lowest BCUT2D eigenvalue weighted by Gasteiger charge is -2.10. The lowest BCUT2D eigenvalue weighted by molar-refractivity contribution is -0.136. The first kappa shape index (κ1) is 18.8. The van der Waals surface area contributed by atoms with Crippen molar-refractivity contribution >= 4 is 16.7 Å². The van der Waals surface area contributed by atoms with Crippen LogP contribution in [0.1, 0.15) is 26.2 Å². The van der Waals surface area contributed by atoms with Gasteiger partial charge < -0.3 is 14.2 Å². The van der Waals surface area contributed by atoms with E-state index < -0.39 is 5.97 Å². The SMILES string of the molecule is CCCCCOc1ccc(OCC(=O)Oc2cccc3ccccc23)cc1. The highest BCUT2D eigenvalue weighted by molar-refractivity contribution is 5.90. The Morgan fingerprint density at radius 2 is 1.52 bits per heavy atom. The fraction of sp³-hybridized carbons (Fsp3) is 0.261. The fourth-order valence-electron chi connectivity index (χ4n) is 2.75. The number of fused-ring (bicyclic) bond motifs is 1. The molecule has 140 valence electrons. The van der Waals surface area contributed by atoms with Crippen molar-refractivity contribution in [3.63, 3.8) is 0 Å².